The van der Waals surface area contributed by atoms with E-state index in [2.05, 4.69) is 5.32 Å². The third-order valence-corrected chi connectivity index (χ3v) is 4.21. The molecule has 0 heterocycles. The van der Waals surface area contributed by atoms with Crippen molar-refractivity contribution in [1.29, 1.82) is 0 Å². The summed E-state index contributed by atoms with van der Waals surface area (Å²) in [5.74, 6) is 0.0396. The van der Waals surface area contributed by atoms with Crippen LogP contribution in [0.3, 0.4) is 0 Å². The Bertz CT molecular complexity index is 382. The predicted octanol–water partition coefficient (Wildman–Crippen LogP) is 4.47. The molecular formula is C18H33NO3. The van der Waals surface area contributed by atoms with Crippen LogP contribution in [0.5, 0.6) is 0 Å². The first-order chi connectivity index (χ1) is 10.0. The first-order valence-corrected chi connectivity index (χ1v) is 8.53. The highest BCUT2D eigenvalue weighted by Gasteiger charge is 2.38. The van der Waals surface area contributed by atoms with E-state index in [-0.39, 0.29) is 17.3 Å². The van der Waals surface area contributed by atoms with E-state index in [9.17, 15) is 9.59 Å². The molecule has 0 aromatic heterocycles. The fourth-order valence-corrected chi connectivity index (χ4v) is 2.77. The Morgan fingerprint density at radius 2 is 1.45 bits per heavy atom. The average Bonchev–Trinajstić information content (AvgIpc) is 2.61. The number of carbonyl (C=O) groups is 2. The molecule has 1 fully saturated rings. The summed E-state index contributed by atoms with van der Waals surface area (Å²) in [5.41, 5.74) is -0.833. The van der Waals surface area contributed by atoms with Crippen molar-refractivity contribution >= 4 is 11.9 Å². The Balaban J connectivity index is 2.69. The summed E-state index contributed by atoms with van der Waals surface area (Å²) in [6.45, 7) is 11.5. The molecule has 0 spiro atoms. The zero-order valence-electron chi connectivity index (χ0n) is 15.1. The third-order valence-electron chi connectivity index (χ3n) is 4.21. The Hall–Kier alpha value is -1.06. The average molecular weight is 311 g/mol. The number of ether oxygens (including phenoxy) is 1. The molecule has 1 rings (SSSR count). The standard InChI is InChI=1S/C18H33NO3/c1-17(2,3)14(15(20)18(4,5)6)19-16(21)22-13-11-9-7-8-10-12-13/h13-14H,7-12H2,1-6H3,(H,19,21). The summed E-state index contributed by atoms with van der Waals surface area (Å²) in [7, 11) is 0. The Morgan fingerprint density at radius 3 is 1.86 bits per heavy atom. The monoisotopic (exact) mass is 311 g/mol. The molecule has 1 saturated carbocycles. The molecule has 0 radical (unpaired) electrons. The number of amides is 1. The quantitative estimate of drug-likeness (QED) is 0.783. The van der Waals surface area contributed by atoms with E-state index in [1.807, 2.05) is 41.5 Å². The molecule has 128 valence electrons. The normalized spacial score (nSPS) is 19.2. The van der Waals surface area contributed by atoms with Gasteiger partial charge < -0.3 is 10.1 Å². The highest BCUT2D eigenvalue weighted by Crippen LogP contribution is 2.28. The van der Waals surface area contributed by atoms with Crippen LogP contribution in [0.15, 0.2) is 0 Å². The number of Topliss-reactive ketones (excluding diaryl/α,β-unsaturated/α-hetero) is 1. The molecule has 0 aromatic carbocycles. The van der Waals surface area contributed by atoms with Gasteiger partial charge in [-0.15, -0.1) is 0 Å². The van der Waals surface area contributed by atoms with Crippen LogP contribution < -0.4 is 5.32 Å². The lowest BCUT2D eigenvalue weighted by Gasteiger charge is -2.34. The minimum atomic E-state index is -0.536. The number of hydrogen-bond donors (Lipinski definition) is 1. The van der Waals surface area contributed by atoms with E-state index < -0.39 is 17.6 Å². The van der Waals surface area contributed by atoms with Gasteiger partial charge in [0, 0.05) is 5.41 Å². The summed E-state index contributed by atoms with van der Waals surface area (Å²) in [6.07, 6.45) is 6.06. The maximum Gasteiger partial charge on any atom is 0.408 e. The van der Waals surface area contributed by atoms with Gasteiger partial charge in [0.25, 0.3) is 0 Å². The van der Waals surface area contributed by atoms with Crippen LogP contribution in [-0.4, -0.2) is 24.0 Å². The van der Waals surface area contributed by atoms with Gasteiger partial charge in [-0.2, -0.15) is 0 Å². The lowest BCUT2D eigenvalue weighted by molar-refractivity contribution is -0.130. The van der Waals surface area contributed by atoms with Gasteiger partial charge in [0.1, 0.15) is 6.10 Å². The topological polar surface area (TPSA) is 55.4 Å². The first kappa shape index (κ1) is 19.0. The SMILES string of the molecule is CC(C)(C)C(=O)C(NC(=O)OC1CCCCCC1)C(C)(C)C. The smallest absolute Gasteiger partial charge is 0.408 e. The molecule has 0 aromatic rings. The van der Waals surface area contributed by atoms with Crippen LogP contribution in [-0.2, 0) is 9.53 Å². The van der Waals surface area contributed by atoms with Crippen molar-refractivity contribution in [2.75, 3.05) is 0 Å². The molecule has 1 amide bonds. The number of ketones is 1. The Kier molecular flexibility index (Phi) is 6.45. The van der Waals surface area contributed by atoms with Crippen LogP contribution in [0.4, 0.5) is 4.79 Å². The van der Waals surface area contributed by atoms with Gasteiger partial charge in [-0.3, -0.25) is 4.79 Å². The highest BCUT2D eigenvalue weighted by molar-refractivity contribution is 5.92. The van der Waals surface area contributed by atoms with Crippen molar-refractivity contribution in [2.45, 2.75) is 92.2 Å². The van der Waals surface area contributed by atoms with Crippen molar-refractivity contribution < 1.29 is 14.3 Å². The molecule has 0 bridgehead atoms. The molecule has 22 heavy (non-hydrogen) atoms. The summed E-state index contributed by atoms with van der Waals surface area (Å²) in [5, 5.41) is 2.82. The largest absolute Gasteiger partial charge is 0.446 e. The zero-order valence-corrected chi connectivity index (χ0v) is 15.1. The number of carbonyl (C=O) groups excluding carboxylic acids is 2. The summed E-state index contributed by atoms with van der Waals surface area (Å²) in [6, 6.07) is -0.536. The Morgan fingerprint density at radius 1 is 0.955 bits per heavy atom. The van der Waals surface area contributed by atoms with Gasteiger partial charge in [0.2, 0.25) is 0 Å². The van der Waals surface area contributed by atoms with Crippen molar-refractivity contribution in [2.24, 2.45) is 10.8 Å². The van der Waals surface area contributed by atoms with Crippen molar-refractivity contribution in [1.82, 2.24) is 5.32 Å². The van der Waals surface area contributed by atoms with Gasteiger partial charge in [-0.1, -0.05) is 54.4 Å². The van der Waals surface area contributed by atoms with Crippen LogP contribution in [0.2, 0.25) is 0 Å². The molecule has 1 N–H and O–H groups in total. The molecule has 0 saturated heterocycles. The number of rotatable bonds is 3. The number of nitrogens with one attached hydrogen (secondary N) is 1. The molecule has 4 nitrogen and oxygen atoms in total. The molecular weight excluding hydrogens is 278 g/mol. The van der Waals surface area contributed by atoms with E-state index >= 15 is 0 Å². The van der Waals surface area contributed by atoms with E-state index in [4.69, 9.17) is 4.74 Å². The minimum Gasteiger partial charge on any atom is -0.446 e. The van der Waals surface area contributed by atoms with E-state index in [0.29, 0.717) is 0 Å². The lowest BCUT2D eigenvalue weighted by Crippen LogP contribution is -2.53. The van der Waals surface area contributed by atoms with Gasteiger partial charge in [-0.05, 0) is 31.1 Å². The summed E-state index contributed by atoms with van der Waals surface area (Å²) in [4.78, 5) is 24.9. The Labute approximate surface area is 135 Å². The highest BCUT2D eigenvalue weighted by atomic mass is 16.6. The summed E-state index contributed by atoms with van der Waals surface area (Å²) < 4.78 is 5.56. The van der Waals surface area contributed by atoms with E-state index in [1.165, 1.54) is 12.8 Å². The maximum atomic E-state index is 12.6. The van der Waals surface area contributed by atoms with Crippen LogP contribution in [0, 0.1) is 10.8 Å². The third kappa shape index (κ3) is 5.98. The predicted molar refractivity (Wildman–Crippen MR) is 88.8 cm³/mol. The number of hydrogen-bond acceptors (Lipinski definition) is 3. The second-order valence-electron chi connectivity index (χ2n) is 8.58. The van der Waals surface area contributed by atoms with Crippen LogP contribution >= 0.6 is 0 Å². The fourth-order valence-electron chi connectivity index (χ4n) is 2.77. The van der Waals surface area contributed by atoms with E-state index in [0.717, 1.165) is 25.7 Å². The molecule has 1 aliphatic rings. The van der Waals surface area contributed by atoms with E-state index in [1.54, 1.807) is 0 Å². The lowest BCUT2D eigenvalue weighted by atomic mass is 9.76. The second-order valence-corrected chi connectivity index (χ2v) is 8.58. The van der Waals surface area contributed by atoms with Crippen LogP contribution in [0.25, 0.3) is 0 Å². The van der Waals surface area contributed by atoms with Gasteiger partial charge in [-0.25, -0.2) is 4.79 Å². The molecule has 0 aliphatic heterocycles. The van der Waals surface area contributed by atoms with Crippen LogP contribution in [0.1, 0.15) is 80.1 Å². The molecule has 4 heteroatoms. The second kappa shape index (κ2) is 7.47. The zero-order chi connectivity index (χ0) is 17.0. The van der Waals surface area contributed by atoms with Crippen molar-refractivity contribution in [3.05, 3.63) is 0 Å². The fraction of sp³-hybridized carbons (Fsp3) is 0.889. The van der Waals surface area contributed by atoms with Gasteiger partial charge >= 0.3 is 6.09 Å². The molecule has 1 aliphatic carbocycles. The minimum absolute atomic E-state index is 0.00661. The molecule has 1 atom stereocenters. The first-order valence-electron chi connectivity index (χ1n) is 8.53. The van der Waals surface area contributed by atoms with Crippen molar-refractivity contribution in [3.8, 4) is 0 Å². The molecule has 1 unspecified atom stereocenters. The van der Waals surface area contributed by atoms with Gasteiger partial charge in [0.05, 0.1) is 6.04 Å². The maximum absolute atomic E-state index is 12.6. The number of alkyl carbamates (subject to hydrolysis) is 1. The summed E-state index contributed by atoms with van der Waals surface area (Å²) >= 11 is 0. The van der Waals surface area contributed by atoms with Gasteiger partial charge in [0.15, 0.2) is 5.78 Å². The van der Waals surface area contributed by atoms with Crippen molar-refractivity contribution in [3.63, 3.8) is 0 Å².